The standard InChI is InChI=1S/C17H25N3/c1-2-4-9-15(10-5-3-1)17(12-6-7-13-17)16-11-8-14-18-20-19-16/h8-9,11,14,20H,1-7,10,12-13H2. The fourth-order valence-corrected chi connectivity index (χ4v) is 3.94. The Hall–Kier alpha value is -1.38. The van der Waals surface area contributed by atoms with Gasteiger partial charge in [0.05, 0.1) is 5.71 Å². The van der Waals surface area contributed by atoms with Crippen molar-refractivity contribution in [3.8, 4) is 0 Å². The van der Waals surface area contributed by atoms with E-state index in [1.807, 2.05) is 6.08 Å². The van der Waals surface area contributed by atoms with Crippen molar-refractivity contribution in [1.82, 2.24) is 5.53 Å². The average molecular weight is 271 g/mol. The van der Waals surface area contributed by atoms with Crippen molar-refractivity contribution in [2.75, 3.05) is 0 Å². The van der Waals surface area contributed by atoms with Gasteiger partial charge in [-0.2, -0.15) is 15.7 Å². The second-order valence-corrected chi connectivity index (χ2v) is 6.21. The van der Waals surface area contributed by atoms with Crippen LogP contribution in [0.4, 0.5) is 0 Å². The van der Waals surface area contributed by atoms with Crippen LogP contribution in [0, 0.1) is 5.41 Å². The summed E-state index contributed by atoms with van der Waals surface area (Å²) in [5, 5.41) is 8.58. The molecule has 0 unspecified atom stereocenters. The summed E-state index contributed by atoms with van der Waals surface area (Å²) in [5.74, 6) is 0. The average Bonchev–Trinajstić information content (AvgIpc) is 2.75. The first-order valence-electron chi connectivity index (χ1n) is 8.14. The first-order chi connectivity index (χ1) is 9.92. The zero-order valence-electron chi connectivity index (χ0n) is 12.3. The molecule has 1 N–H and O–H groups in total. The largest absolute Gasteiger partial charge is 0.198 e. The van der Waals surface area contributed by atoms with Gasteiger partial charge in [-0.1, -0.05) is 37.3 Å². The summed E-state index contributed by atoms with van der Waals surface area (Å²) in [5.41, 5.74) is 5.87. The Labute approximate surface area is 121 Å². The molecule has 3 aliphatic rings. The fourth-order valence-electron chi connectivity index (χ4n) is 3.94. The van der Waals surface area contributed by atoms with Gasteiger partial charge in [0.25, 0.3) is 0 Å². The smallest absolute Gasteiger partial charge is 0.0726 e. The van der Waals surface area contributed by atoms with E-state index < -0.39 is 0 Å². The molecule has 0 amide bonds. The second-order valence-electron chi connectivity index (χ2n) is 6.21. The van der Waals surface area contributed by atoms with Crippen LogP contribution in [0.5, 0.6) is 0 Å². The van der Waals surface area contributed by atoms with Gasteiger partial charge in [-0.3, -0.25) is 0 Å². The van der Waals surface area contributed by atoms with Gasteiger partial charge in [-0.15, -0.1) is 0 Å². The monoisotopic (exact) mass is 271 g/mol. The van der Waals surface area contributed by atoms with Gasteiger partial charge in [-0.05, 0) is 50.7 Å². The molecule has 20 heavy (non-hydrogen) atoms. The lowest BCUT2D eigenvalue weighted by molar-refractivity contribution is 0.473. The number of rotatable bonds is 2. The third-order valence-electron chi connectivity index (χ3n) is 5.00. The molecule has 1 aliphatic heterocycles. The Morgan fingerprint density at radius 3 is 2.75 bits per heavy atom. The molecule has 3 heteroatoms. The molecule has 0 bridgehead atoms. The van der Waals surface area contributed by atoms with Crippen LogP contribution in [0.25, 0.3) is 0 Å². The van der Waals surface area contributed by atoms with Crippen molar-refractivity contribution in [2.45, 2.75) is 64.2 Å². The Kier molecular flexibility index (Phi) is 4.34. The van der Waals surface area contributed by atoms with E-state index in [0.29, 0.717) is 0 Å². The van der Waals surface area contributed by atoms with Crippen molar-refractivity contribution in [3.63, 3.8) is 0 Å². The molecule has 108 valence electrons. The predicted molar refractivity (Wildman–Crippen MR) is 84.9 cm³/mol. The predicted octanol–water partition coefficient (Wildman–Crippen LogP) is 4.33. The molecular formula is C17H25N3. The Morgan fingerprint density at radius 2 is 1.85 bits per heavy atom. The van der Waals surface area contributed by atoms with E-state index in [-0.39, 0.29) is 5.41 Å². The molecule has 0 aromatic heterocycles. The molecular weight excluding hydrogens is 246 g/mol. The van der Waals surface area contributed by atoms with Crippen molar-refractivity contribution >= 4 is 11.9 Å². The Balaban J connectivity index is 1.92. The SMILES string of the molecule is C1=CC(C2(C3=CCCCCCC3)CCCC2)=NNN=C1. The number of allylic oxidation sites excluding steroid dienone is 4. The third kappa shape index (κ3) is 2.72. The zero-order chi connectivity index (χ0) is 13.7. The fraction of sp³-hybridized carbons (Fsp3) is 0.647. The van der Waals surface area contributed by atoms with E-state index in [9.17, 15) is 0 Å². The summed E-state index contributed by atoms with van der Waals surface area (Å²) < 4.78 is 0. The Bertz CT molecular complexity index is 451. The summed E-state index contributed by atoms with van der Waals surface area (Å²) >= 11 is 0. The molecule has 0 spiro atoms. The molecule has 0 saturated heterocycles. The van der Waals surface area contributed by atoms with Gasteiger partial charge < -0.3 is 0 Å². The number of nitrogens with one attached hydrogen (secondary N) is 1. The van der Waals surface area contributed by atoms with Gasteiger partial charge in [0, 0.05) is 11.6 Å². The lowest BCUT2D eigenvalue weighted by Gasteiger charge is -2.33. The van der Waals surface area contributed by atoms with Crippen molar-refractivity contribution in [3.05, 3.63) is 23.8 Å². The Morgan fingerprint density at radius 1 is 1.00 bits per heavy atom. The molecule has 0 aromatic carbocycles. The summed E-state index contributed by atoms with van der Waals surface area (Å²) in [7, 11) is 0. The van der Waals surface area contributed by atoms with Crippen LogP contribution in [-0.2, 0) is 0 Å². The van der Waals surface area contributed by atoms with E-state index in [4.69, 9.17) is 0 Å². The van der Waals surface area contributed by atoms with E-state index in [0.717, 1.165) is 0 Å². The molecule has 1 fully saturated rings. The minimum Gasteiger partial charge on any atom is -0.198 e. The minimum absolute atomic E-state index is 0.189. The van der Waals surface area contributed by atoms with Crippen molar-refractivity contribution in [2.24, 2.45) is 15.6 Å². The molecule has 1 saturated carbocycles. The summed E-state index contributed by atoms with van der Waals surface area (Å²) in [6.45, 7) is 0. The maximum absolute atomic E-state index is 4.55. The van der Waals surface area contributed by atoms with E-state index in [1.54, 1.807) is 11.8 Å². The van der Waals surface area contributed by atoms with Gasteiger partial charge >= 0.3 is 0 Å². The molecule has 3 nitrogen and oxygen atoms in total. The molecule has 0 radical (unpaired) electrons. The highest BCUT2D eigenvalue weighted by Gasteiger charge is 2.41. The molecule has 0 atom stereocenters. The zero-order valence-corrected chi connectivity index (χ0v) is 12.3. The first kappa shape index (κ1) is 13.6. The minimum atomic E-state index is 0.189. The second kappa shape index (κ2) is 6.38. The van der Waals surface area contributed by atoms with Crippen LogP contribution < -0.4 is 5.53 Å². The van der Waals surface area contributed by atoms with Crippen LogP contribution in [0.1, 0.15) is 64.2 Å². The number of hydrazone groups is 2. The highest BCUT2D eigenvalue weighted by molar-refractivity contribution is 6.04. The number of nitrogens with zero attached hydrogens (tertiary/aromatic N) is 2. The lowest BCUT2D eigenvalue weighted by Crippen LogP contribution is -2.30. The van der Waals surface area contributed by atoms with Crippen LogP contribution >= 0.6 is 0 Å². The molecule has 1 heterocycles. The topological polar surface area (TPSA) is 36.8 Å². The van der Waals surface area contributed by atoms with E-state index in [2.05, 4.69) is 27.9 Å². The van der Waals surface area contributed by atoms with E-state index >= 15 is 0 Å². The van der Waals surface area contributed by atoms with Gasteiger partial charge in [-0.25, -0.2) is 0 Å². The van der Waals surface area contributed by atoms with Crippen molar-refractivity contribution in [1.29, 1.82) is 0 Å². The van der Waals surface area contributed by atoms with Crippen LogP contribution in [-0.4, -0.2) is 11.9 Å². The summed E-state index contributed by atoms with van der Waals surface area (Å²) in [6, 6.07) is 0. The van der Waals surface area contributed by atoms with Crippen LogP contribution in [0.15, 0.2) is 34.0 Å². The van der Waals surface area contributed by atoms with Gasteiger partial charge in [0.1, 0.15) is 0 Å². The molecule has 2 aliphatic carbocycles. The van der Waals surface area contributed by atoms with E-state index in [1.165, 1.54) is 69.9 Å². The van der Waals surface area contributed by atoms with Gasteiger partial charge in [0.2, 0.25) is 0 Å². The summed E-state index contributed by atoms with van der Waals surface area (Å²) in [6.07, 6.45) is 21.6. The maximum Gasteiger partial charge on any atom is 0.0726 e. The van der Waals surface area contributed by atoms with Crippen LogP contribution in [0.2, 0.25) is 0 Å². The maximum atomic E-state index is 4.55. The van der Waals surface area contributed by atoms with Gasteiger partial charge in [0.15, 0.2) is 0 Å². The third-order valence-corrected chi connectivity index (χ3v) is 5.00. The normalized spacial score (nSPS) is 26.0. The summed E-state index contributed by atoms with van der Waals surface area (Å²) in [4.78, 5) is 0. The van der Waals surface area contributed by atoms with Crippen molar-refractivity contribution < 1.29 is 0 Å². The molecule has 0 aromatic rings. The highest BCUT2D eigenvalue weighted by atomic mass is 15.5. The van der Waals surface area contributed by atoms with Crippen LogP contribution in [0.3, 0.4) is 0 Å². The first-order valence-corrected chi connectivity index (χ1v) is 8.14. The number of hydrogen-bond acceptors (Lipinski definition) is 3. The lowest BCUT2D eigenvalue weighted by atomic mass is 9.71. The molecule has 3 rings (SSSR count). The quantitative estimate of drug-likeness (QED) is 0.746. The highest BCUT2D eigenvalue weighted by Crippen LogP contribution is 2.48. The number of hydrogen-bond donors (Lipinski definition) is 1.